The van der Waals surface area contributed by atoms with Gasteiger partial charge in [-0.15, -0.1) is 0 Å². The van der Waals surface area contributed by atoms with Crippen LogP contribution in [0, 0.1) is 0 Å². The molecule has 2 nitrogen and oxygen atoms in total. The summed E-state index contributed by atoms with van der Waals surface area (Å²) in [6, 6.07) is 10.9. The first-order chi connectivity index (χ1) is 14.4. The number of benzene rings is 2. The average molecular weight is 445 g/mol. The van der Waals surface area contributed by atoms with Crippen molar-refractivity contribution in [3.63, 3.8) is 0 Å². The average Bonchev–Trinajstić information content (AvgIpc) is 3.15. The van der Waals surface area contributed by atoms with Crippen molar-refractivity contribution in [1.29, 1.82) is 0 Å². The summed E-state index contributed by atoms with van der Waals surface area (Å²) in [7, 11) is 0. The Morgan fingerprint density at radius 3 is 2.13 bits per heavy atom. The normalized spacial score (nSPS) is 21.6. The zero-order valence-corrected chi connectivity index (χ0v) is 16.1. The Balaban J connectivity index is 1.65. The topological polar surface area (TPSA) is 20.3 Å². The highest BCUT2D eigenvalue weighted by molar-refractivity contribution is 5.94. The number of fused-ring (bicyclic) bond motifs is 3. The van der Waals surface area contributed by atoms with Crippen LogP contribution in [0.25, 0.3) is 0 Å². The second kappa shape index (κ2) is 7.24. The lowest BCUT2D eigenvalue weighted by Crippen LogP contribution is -2.50. The van der Waals surface area contributed by atoms with Crippen molar-refractivity contribution in [2.45, 2.75) is 49.2 Å². The van der Waals surface area contributed by atoms with Crippen molar-refractivity contribution < 1.29 is 35.5 Å². The van der Waals surface area contributed by atoms with Gasteiger partial charge in [0.15, 0.2) is 0 Å². The highest BCUT2D eigenvalue weighted by Gasteiger charge is 2.73. The monoisotopic (exact) mass is 445 g/mol. The first-order valence-corrected chi connectivity index (χ1v) is 9.77. The number of likely N-dealkylation sites (tertiary alicyclic amines) is 1. The molecule has 1 heterocycles. The van der Waals surface area contributed by atoms with Crippen LogP contribution in [0.15, 0.2) is 48.5 Å². The molecule has 1 amide bonds. The summed E-state index contributed by atoms with van der Waals surface area (Å²) in [5.74, 6) is -0.374. The third-order valence-electron chi connectivity index (χ3n) is 6.26. The maximum Gasteiger partial charge on any atom is 0.435 e. The number of alkyl halides is 7. The summed E-state index contributed by atoms with van der Waals surface area (Å²) in [6.07, 6.45) is -11.2. The lowest BCUT2D eigenvalue weighted by atomic mass is 9.77. The molecule has 4 rings (SSSR count). The van der Waals surface area contributed by atoms with Gasteiger partial charge in [-0.25, -0.2) is 4.39 Å². The summed E-state index contributed by atoms with van der Waals surface area (Å²) in [4.78, 5) is 14.6. The Morgan fingerprint density at radius 1 is 0.871 bits per heavy atom. The van der Waals surface area contributed by atoms with Gasteiger partial charge in [0.05, 0.1) is 0 Å². The number of amides is 1. The fourth-order valence-electron chi connectivity index (χ4n) is 4.76. The number of nitrogens with zero attached hydrogens (tertiary/aromatic N) is 1. The van der Waals surface area contributed by atoms with Crippen molar-refractivity contribution >= 4 is 5.91 Å². The molecule has 31 heavy (non-hydrogen) atoms. The number of halogens is 7. The van der Waals surface area contributed by atoms with Gasteiger partial charge >= 0.3 is 18.0 Å². The van der Waals surface area contributed by atoms with Gasteiger partial charge in [-0.1, -0.05) is 36.4 Å². The van der Waals surface area contributed by atoms with Crippen molar-refractivity contribution in [3.8, 4) is 0 Å². The molecule has 0 radical (unpaired) electrons. The number of hydrogen-bond acceptors (Lipinski definition) is 1. The summed E-state index contributed by atoms with van der Waals surface area (Å²) in [5.41, 5.74) is -5.53. The van der Waals surface area contributed by atoms with E-state index in [0.717, 1.165) is 6.07 Å². The van der Waals surface area contributed by atoms with Crippen LogP contribution in [0.3, 0.4) is 0 Å². The molecule has 0 unspecified atom stereocenters. The Kier molecular flexibility index (Phi) is 5.05. The highest BCUT2D eigenvalue weighted by atomic mass is 19.4. The third kappa shape index (κ3) is 3.38. The van der Waals surface area contributed by atoms with Gasteiger partial charge in [-0.3, -0.25) is 4.79 Å². The van der Waals surface area contributed by atoms with Crippen molar-refractivity contribution in [2.24, 2.45) is 0 Å². The highest BCUT2D eigenvalue weighted by Crippen LogP contribution is 2.54. The van der Waals surface area contributed by atoms with Gasteiger partial charge in [0, 0.05) is 29.6 Å². The smallest absolute Gasteiger partial charge is 0.335 e. The minimum Gasteiger partial charge on any atom is -0.335 e. The summed E-state index contributed by atoms with van der Waals surface area (Å²) in [6.45, 7) is 0.433. The maximum atomic E-state index is 14.4. The van der Waals surface area contributed by atoms with Gasteiger partial charge in [0.25, 0.3) is 5.91 Å². The number of carbonyl (C=O) groups excluding carboxylic acids is 1. The van der Waals surface area contributed by atoms with Gasteiger partial charge < -0.3 is 4.90 Å². The lowest BCUT2D eigenvalue weighted by molar-refractivity contribution is -0.348. The molecule has 0 bridgehead atoms. The second-order valence-electron chi connectivity index (χ2n) is 7.93. The van der Waals surface area contributed by atoms with Crippen LogP contribution in [0.1, 0.15) is 45.8 Å². The molecule has 1 fully saturated rings. The Labute approximate surface area is 173 Å². The Morgan fingerprint density at radius 2 is 1.52 bits per heavy atom. The molecule has 0 saturated carbocycles. The van der Waals surface area contributed by atoms with Crippen LogP contribution < -0.4 is 0 Å². The van der Waals surface area contributed by atoms with Crippen LogP contribution >= 0.6 is 0 Å². The molecular formula is C22H18F7NO. The van der Waals surface area contributed by atoms with E-state index in [0.29, 0.717) is 42.6 Å². The number of rotatable bonds is 2. The van der Waals surface area contributed by atoms with E-state index in [9.17, 15) is 35.5 Å². The largest absolute Gasteiger partial charge is 0.435 e. The molecule has 0 N–H and O–H groups in total. The molecule has 1 aliphatic carbocycles. The fraction of sp³-hybridized carbons (Fsp3) is 0.409. The SMILES string of the molecule is O=C(c1ccccc1)N1CC[C@H]2c3ccc(C(F)(C(F)(F)F)C(F)(F)F)cc3CC[C@H]21. The van der Waals surface area contributed by atoms with Crippen molar-refractivity contribution in [2.75, 3.05) is 6.54 Å². The van der Waals surface area contributed by atoms with E-state index in [2.05, 4.69) is 0 Å². The van der Waals surface area contributed by atoms with Crippen molar-refractivity contribution in [1.82, 2.24) is 4.90 Å². The van der Waals surface area contributed by atoms with Crippen LogP contribution in [-0.2, 0) is 12.1 Å². The Hall–Kier alpha value is -2.58. The quantitative estimate of drug-likeness (QED) is 0.526. The molecule has 0 spiro atoms. The first kappa shape index (κ1) is 21.6. The van der Waals surface area contributed by atoms with Crippen LogP contribution in [0.5, 0.6) is 0 Å². The fourth-order valence-corrected chi connectivity index (χ4v) is 4.76. The van der Waals surface area contributed by atoms with E-state index in [4.69, 9.17) is 0 Å². The molecule has 2 aromatic carbocycles. The number of hydrogen-bond donors (Lipinski definition) is 0. The maximum absolute atomic E-state index is 14.4. The molecule has 1 saturated heterocycles. The van der Waals surface area contributed by atoms with Gasteiger partial charge in [0.2, 0.25) is 0 Å². The molecule has 2 aliphatic rings. The van der Waals surface area contributed by atoms with E-state index < -0.39 is 23.6 Å². The minimum absolute atomic E-state index is 0.161. The van der Waals surface area contributed by atoms with E-state index in [1.807, 2.05) is 0 Å². The summed E-state index contributed by atoms with van der Waals surface area (Å²) >= 11 is 0. The molecule has 166 valence electrons. The molecule has 2 aromatic rings. The summed E-state index contributed by atoms with van der Waals surface area (Å²) in [5, 5.41) is 0. The van der Waals surface area contributed by atoms with Crippen molar-refractivity contribution in [3.05, 3.63) is 70.8 Å². The van der Waals surface area contributed by atoms with Crippen LogP contribution in [-0.4, -0.2) is 35.7 Å². The first-order valence-electron chi connectivity index (χ1n) is 9.77. The molecular weight excluding hydrogens is 427 g/mol. The molecule has 2 atom stereocenters. The zero-order chi connectivity index (χ0) is 22.6. The van der Waals surface area contributed by atoms with Gasteiger partial charge in [-0.05, 0) is 42.5 Å². The summed E-state index contributed by atoms with van der Waals surface area (Å²) < 4.78 is 93.0. The van der Waals surface area contributed by atoms with Crippen LogP contribution in [0.2, 0.25) is 0 Å². The third-order valence-corrected chi connectivity index (χ3v) is 6.26. The van der Waals surface area contributed by atoms with Gasteiger partial charge in [0.1, 0.15) is 0 Å². The zero-order valence-electron chi connectivity index (χ0n) is 16.1. The Bertz CT molecular complexity index is 970. The number of aryl methyl sites for hydroxylation is 1. The molecule has 0 aromatic heterocycles. The van der Waals surface area contributed by atoms with E-state index >= 15 is 0 Å². The van der Waals surface area contributed by atoms with Gasteiger partial charge in [-0.2, -0.15) is 26.3 Å². The van der Waals surface area contributed by atoms with E-state index in [1.54, 1.807) is 35.2 Å². The molecule has 9 heteroatoms. The predicted octanol–water partition coefficient (Wildman–Crippen LogP) is 5.92. The lowest BCUT2D eigenvalue weighted by Gasteiger charge is -2.35. The second-order valence-corrected chi connectivity index (χ2v) is 7.93. The minimum atomic E-state index is -6.14. The number of carbonyl (C=O) groups is 1. The van der Waals surface area contributed by atoms with E-state index in [-0.39, 0.29) is 29.9 Å². The standard InChI is InChI=1S/C22H18F7NO/c23-20(21(24,25)26,22(27,28)29)15-7-8-16-14(12-15)6-9-18-17(16)10-11-30(18)19(31)13-4-2-1-3-5-13/h1-5,7-8,12,17-18H,6,9-11H2/t17-,18+/m0/s1. The van der Waals surface area contributed by atoms with Crippen LogP contribution in [0.4, 0.5) is 30.7 Å². The molecule has 1 aliphatic heterocycles. The van der Waals surface area contributed by atoms with E-state index in [1.165, 1.54) is 0 Å². The predicted molar refractivity (Wildman–Crippen MR) is 98.3 cm³/mol.